The van der Waals surface area contributed by atoms with Crippen molar-refractivity contribution in [2.24, 2.45) is 0 Å². The molecule has 0 bridgehead atoms. The van der Waals surface area contributed by atoms with Crippen LogP contribution < -0.4 is 9.46 Å². The van der Waals surface area contributed by atoms with Gasteiger partial charge >= 0.3 is 0 Å². The Bertz CT molecular complexity index is 1850. The van der Waals surface area contributed by atoms with Crippen LogP contribution in [0.15, 0.2) is 60.9 Å². The van der Waals surface area contributed by atoms with Crippen molar-refractivity contribution in [1.29, 1.82) is 0 Å². The van der Waals surface area contributed by atoms with Gasteiger partial charge in [-0.25, -0.2) is 17.8 Å². The third-order valence-electron chi connectivity index (χ3n) is 7.02. The monoisotopic (exact) mass is 590 g/mol. The maximum absolute atomic E-state index is 13.8. The quantitative estimate of drug-likeness (QED) is 0.194. The molecule has 2 aromatic carbocycles. The van der Waals surface area contributed by atoms with Gasteiger partial charge in [0.25, 0.3) is 0 Å². The van der Waals surface area contributed by atoms with Crippen LogP contribution in [0.25, 0.3) is 33.3 Å². The first-order valence-corrected chi connectivity index (χ1v) is 15.5. The molecule has 0 aliphatic rings. The van der Waals surface area contributed by atoms with Gasteiger partial charge < -0.3 is 14.6 Å². The molecule has 2 N–H and O–H groups in total. The Labute approximate surface area is 245 Å². The number of hydrogen-bond acceptors (Lipinski definition) is 6. The average Bonchev–Trinajstić information content (AvgIpc) is 3.45. The van der Waals surface area contributed by atoms with Crippen molar-refractivity contribution in [3.05, 3.63) is 83.7 Å². The molecular weight excluding hydrogens is 555 g/mol. The van der Waals surface area contributed by atoms with E-state index in [-0.39, 0.29) is 5.82 Å². The molecule has 0 saturated heterocycles. The largest absolute Gasteiger partial charge is 0.491 e. The predicted octanol–water partition coefficient (Wildman–Crippen LogP) is 5.60. The molecule has 5 aromatic rings. The number of nitrogens with one attached hydrogen (secondary N) is 2. The molecule has 5 rings (SSSR count). The van der Waals surface area contributed by atoms with Gasteiger partial charge in [0.2, 0.25) is 10.0 Å². The lowest BCUT2D eigenvalue weighted by Gasteiger charge is -2.15. The molecule has 3 aromatic heterocycles. The Hall–Kier alpha value is -4.22. The number of hydrogen-bond donors (Lipinski definition) is 2. The van der Waals surface area contributed by atoms with Gasteiger partial charge in [0.15, 0.2) is 0 Å². The van der Waals surface area contributed by atoms with Gasteiger partial charge in [-0.2, -0.15) is 5.10 Å². The highest BCUT2D eigenvalue weighted by atomic mass is 32.2. The zero-order valence-corrected chi connectivity index (χ0v) is 25.2. The third-order valence-corrected chi connectivity index (χ3v) is 7.61. The second-order valence-corrected chi connectivity index (χ2v) is 12.5. The van der Waals surface area contributed by atoms with E-state index in [2.05, 4.69) is 19.6 Å². The first kappa shape index (κ1) is 29.3. The summed E-state index contributed by atoms with van der Waals surface area (Å²) in [7, 11) is 0.456. The second kappa shape index (κ2) is 11.9. The molecule has 0 fully saturated rings. The summed E-state index contributed by atoms with van der Waals surface area (Å²) in [5.74, 6) is 0.194. The summed E-state index contributed by atoms with van der Waals surface area (Å²) < 4.78 is 48.5. The van der Waals surface area contributed by atoms with Crippen molar-refractivity contribution in [3.8, 4) is 28.0 Å². The molecule has 0 aliphatic carbocycles. The first-order chi connectivity index (χ1) is 20.0. The zero-order chi connectivity index (χ0) is 30.0. The van der Waals surface area contributed by atoms with Gasteiger partial charge in [0.1, 0.15) is 17.2 Å². The van der Waals surface area contributed by atoms with Crippen LogP contribution in [0.1, 0.15) is 23.4 Å². The van der Waals surface area contributed by atoms with Crippen molar-refractivity contribution in [2.45, 2.75) is 26.8 Å². The minimum absolute atomic E-state index is 0.275. The van der Waals surface area contributed by atoms with Crippen LogP contribution in [0.5, 0.6) is 5.75 Å². The molecule has 42 heavy (non-hydrogen) atoms. The molecular formula is C31H35FN6O3S. The van der Waals surface area contributed by atoms with E-state index < -0.39 is 10.0 Å². The number of sulfonamides is 1. The number of aryl methyl sites for hydroxylation is 1. The van der Waals surface area contributed by atoms with Gasteiger partial charge in [-0.15, -0.1) is 0 Å². The van der Waals surface area contributed by atoms with E-state index in [0.29, 0.717) is 24.6 Å². The van der Waals surface area contributed by atoms with E-state index in [9.17, 15) is 12.8 Å². The Morgan fingerprint density at radius 1 is 1.10 bits per heavy atom. The summed E-state index contributed by atoms with van der Waals surface area (Å²) in [6, 6.07) is 14.0. The van der Waals surface area contributed by atoms with Crippen LogP contribution in [0.2, 0.25) is 0 Å². The number of aromatic nitrogens is 4. The van der Waals surface area contributed by atoms with Gasteiger partial charge in [-0.1, -0.05) is 18.2 Å². The predicted molar refractivity (Wildman–Crippen MR) is 165 cm³/mol. The lowest BCUT2D eigenvalue weighted by molar-refractivity contribution is 0.283. The van der Waals surface area contributed by atoms with E-state index >= 15 is 0 Å². The van der Waals surface area contributed by atoms with Crippen molar-refractivity contribution in [2.75, 3.05) is 38.2 Å². The topological polar surface area (TPSA) is 105 Å². The highest BCUT2D eigenvalue weighted by molar-refractivity contribution is 7.92. The van der Waals surface area contributed by atoms with Crippen LogP contribution in [-0.4, -0.2) is 66.6 Å². The Kier molecular flexibility index (Phi) is 8.33. The molecule has 0 radical (unpaired) electrons. The fraction of sp³-hybridized carbons (Fsp3) is 0.290. The Morgan fingerprint density at radius 3 is 2.64 bits per heavy atom. The molecule has 9 nitrogen and oxygen atoms in total. The smallest absolute Gasteiger partial charge is 0.229 e. The van der Waals surface area contributed by atoms with Crippen molar-refractivity contribution < 1.29 is 17.5 Å². The number of ether oxygens (including phenoxy) is 1. The maximum atomic E-state index is 13.8. The number of halogens is 1. The van der Waals surface area contributed by atoms with Crippen LogP contribution in [0.4, 0.5) is 10.1 Å². The number of rotatable bonds is 11. The Balaban J connectivity index is 1.49. The summed E-state index contributed by atoms with van der Waals surface area (Å²) in [6.45, 7) is 5.74. The van der Waals surface area contributed by atoms with Gasteiger partial charge in [0.05, 0.1) is 30.8 Å². The molecule has 0 unspecified atom stereocenters. The third kappa shape index (κ3) is 6.63. The standard InChI is InChI=1S/C31H35FN6O3S/c1-20-30(21(2)38(35-20)19-22-8-6-9-25(32)14-22)27-18-34-31-26(27)15-24(17-33-31)23-10-11-29(41-13-7-12-37(3)4)28(16-23)36-42(5,39)40/h6,8-11,14-18,36H,7,12-13,19H2,1-5H3,(H,33,34). The van der Waals surface area contributed by atoms with E-state index in [1.54, 1.807) is 24.4 Å². The number of anilines is 1. The molecule has 0 aliphatic heterocycles. The number of pyridine rings is 1. The fourth-order valence-corrected chi connectivity index (χ4v) is 5.65. The lowest BCUT2D eigenvalue weighted by Crippen LogP contribution is -2.16. The molecule has 220 valence electrons. The minimum Gasteiger partial charge on any atom is -0.491 e. The number of benzene rings is 2. The summed E-state index contributed by atoms with van der Waals surface area (Å²) >= 11 is 0. The average molecular weight is 591 g/mol. The van der Waals surface area contributed by atoms with Crippen LogP contribution in [0.3, 0.4) is 0 Å². The SMILES string of the molecule is Cc1nn(Cc2cccc(F)c2)c(C)c1-c1c[nH]c2ncc(-c3ccc(OCCCN(C)C)c(NS(C)(=O)=O)c3)cc12. The van der Waals surface area contributed by atoms with Gasteiger partial charge in [-0.05, 0) is 75.8 Å². The van der Waals surface area contributed by atoms with Gasteiger partial charge in [0, 0.05) is 46.7 Å². The zero-order valence-electron chi connectivity index (χ0n) is 24.4. The van der Waals surface area contributed by atoms with Crippen LogP contribution >= 0.6 is 0 Å². The second-order valence-electron chi connectivity index (χ2n) is 10.7. The van der Waals surface area contributed by atoms with Gasteiger partial charge in [-0.3, -0.25) is 9.40 Å². The Morgan fingerprint density at radius 2 is 1.90 bits per heavy atom. The summed E-state index contributed by atoms with van der Waals surface area (Å²) in [5, 5.41) is 5.66. The summed E-state index contributed by atoms with van der Waals surface area (Å²) in [5.41, 5.74) is 7.29. The lowest BCUT2D eigenvalue weighted by atomic mass is 10.0. The summed E-state index contributed by atoms with van der Waals surface area (Å²) in [6.07, 6.45) is 5.61. The molecule has 3 heterocycles. The highest BCUT2D eigenvalue weighted by Crippen LogP contribution is 2.36. The maximum Gasteiger partial charge on any atom is 0.229 e. The molecule has 11 heteroatoms. The van der Waals surface area contributed by atoms with E-state index in [4.69, 9.17) is 9.84 Å². The minimum atomic E-state index is -3.53. The summed E-state index contributed by atoms with van der Waals surface area (Å²) in [4.78, 5) is 9.98. The number of H-pyrrole nitrogens is 1. The van der Waals surface area contributed by atoms with E-state index in [1.807, 2.05) is 57.0 Å². The molecule has 0 spiro atoms. The van der Waals surface area contributed by atoms with Crippen molar-refractivity contribution in [3.63, 3.8) is 0 Å². The number of aromatic amines is 1. The normalized spacial score (nSPS) is 11.9. The van der Waals surface area contributed by atoms with Crippen LogP contribution in [0, 0.1) is 19.7 Å². The fourth-order valence-electron chi connectivity index (χ4n) is 5.09. The van der Waals surface area contributed by atoms with Crippen molar-refractivity contribution >= 4 is 26.7 Å². The molecule has 0 atom stereocenters. The van der Waals surface area contributed by atoms with Crippen LogP contribution in [-0.2, 0) is 16.6 Å². The number of nitrogens with zero attached hydrogens (tertiary/aromatic N) is 4. The first-order valence-electron chi connectivity index (χ1n) is 13.6. The van der Waals surface area contributed by atoms with Crippen molar-refractivity contribution in [1.82, 2.24) is 24.6 Å². The molecule has 0 saturated carbocycles. The van der Waals surface area contributed by atoms with E-state index in [0.717, 1.165) is 69.5 Å². The van der Waals surface area contributed by atoms with E-state index in [1.165, 1.54) is 12.1 Å². The number of fused-ring (bicyclic) bond motifs is 1. The molecule has 0 amide bonds. The highest BCUT2D eigenvalue weighted by Gasteiger charge is 2.19.